The molecule has 0 radical (unpaired) electrons. The number of aryl methyl sites for hydroxylation is 2. The molecule has 1 atom stereocenters. The van der Waals surface area contributed by atoms with Crippen molar-refractivity contribution in [3.63, 3.8) is 0 Å². The Hall–Kier alpha value is -0.880. The highest BCUT2D eigenvalue weighted by Crippen LogP contribution is 2.27. The third-order valence-electron chi connectivity index (χ3n) is 4.01. The first-order valence-corrected chi connectivity index (χ1v) is 7.95. The number of hydrogen-bond acceptors (Lipinski definition) is 3. The Balaban J connectivity index is 1.92. The highest BCUT2D eigenvalue weighted by molar-refractivity contribution is 9.10. The topological polar surface area (TPSA) is 58.4 Å². The molecule has 1 aliphatic rings. The van der Waals surface area contributed by atoms with Crippen LogP contribution in [0.15, 0.2) is 4.47 Å². The summed E-state index contributed by atoms with van der Waals surface area (Å²) in [4.78, 5) is 13.0. The van der Waals surface area contributed by atoms with Gasteiger partial charge in [-0.15, -0.1) is 0 Å². The van der Waals surface area contributed by atoms with E-state index in [1.807, 2.05) is 11.7 Å². The predicted molar refractivity (Wildman–Crippen MR) is 80.5 cm³/mol. The van der Waals surface area contributed by atoms with Crippen LogP contribution in [0.5, 0.6) is 0 Å². The number of halogens is 1. The number of aliphatic carboxylic acids is 1. The van der Waals surface area contributed by atoms with E-state index < -0.39 is 5.97 Å². The van der Waals surface area contributed by atoms with Crippen LogP contribution in [0.2, 0.25) is 0 Å². The number of hydrogen-bond donors (Lipinski definition) is 1. The number of carboxylic acids is 1. The van der Waals surface area contributed by atoms with E-state index in [1.165, 1.54) is 5.69 Å². The van der Waals surface area contributed by atoms with Gasteiger partial charge in [0.2, 0.25) is 0 Å². The van der Waals surface area contributed by atoms with Gasteiger partial charge in [0.15, 0.2) is 0 Å². The lowest BCUT2D eigenvalue weighted by Crippen LogP contribution is -2.22. The quantitative estimate of drug-likeness (QED) is 0.861. The molecule has 1 aliphatic heterocycles. The number of likely N-dealkylation sites (tertiary alicyclic amines) is 1. The van der Waals surface area contributed by atoms with E-state index in [0.29, 0.717) is 5.92 Å². The molecule has 0 spiro atoms. The van der Waals surface area contributed by atoms with Crippen molar-refractivity contribution in [2.24, 2.45) is 13.0 Å². The third kappa shape index (κ3) is 3.61. The summed E-state index contributed by atoms with van der Waals surface area (Å²) in [7, 11) is 1.98. The first-order chi connectivity index (χ1) is 9.51. The second kappa shape index (κ2) is 6.72. The average molecular weight is 344 g/mol. The van der Waals surface area contributed by atoms with Crippen LogP contribution in [-0.4, -0.2) is 38.8 Å². The fourth-order valence-electron chi connectivity index (χ4n) is 2.82. The Labute approximate surface area is 128 Å². The maximum Gasteiger partial charge on any atom is 0.303 e. The number of rotatable bonds is 6. The zero-order valence-corrected chi connectivity index (χ0v) is 13.7. The Bertz CT molecular complexity index is 487. The summed E-state index contributed by atoms with van der Waals surface area (Å²) >= 11 is 3.65. The van der Waals surface area contributed by atoms with E-state index in [0.717, 1.165) is 49.1 Å². The minimum atomic E-state index is -0.689. The van der Waals surface area contributed by atoms with Gasteiger partial charge in [0.05, 0.1) is 15.9 Å². The molecular weight excluding hydrogens is 322 g/mol. The number of carboxylic acid groups (broad SMARTS) is 1. The minimum Gasteiger partial charge on any atom is -0.481 e. The van der Waals surface area contributed by atoms with E-state index in [1.54, 1.807) is 0 Å². The largest absolute Gasteiger partial charge is 0.481 e. The van der Waals surface area contributed by atoms with Crippen molar-refractivity contribution in [2.45, 2.75) is 39.2 Å². The van der Waals surface area contributed by atoms with Crippen LogP contribution < -0.4 is 0 Å². The molecule has 2 heterocycles. The molecule has 0 aliphatic carbocycles. The highest BCUT2D eigenvalue weighted by Gasteiger charge is 2.25. The first-order valence-electron chi connectivity index (χ1n) is 7.15. The molecule has 0 bridgehead atoms. The molecule has 1 aromatic heterocycles. The molecule has 0 aromatic carbocycles. The van der Waals surface area contributed by atoms with Gasteiger partial charge < -0.3 is 5.11 Å². The predicted octanol–water partition coefficient (Wildman–Crippen LogP) is 2.43. The molecule has 1 aromatic rings. The Kier molecular flexibility index (Phi) is 5.21. The van der Waals surface area contributed by atoms with E-state index in [4.69, 9.17) is 5.11 Å². The van der Waals surface area contributed by atoms with Gasteiger partial charge in [-0.1, -0.05) is 6.92 Å². The van der Waals surface area contributed by atoms with E-state index in [-0.39, 0.29) is 6.42 Å². The smallest absolute Gasteiger partial charge is 0.303 e. The summed E-state index contributed by atoms with van der Waals surface area (Å²) in [6.45, 7) is 5.03. The van der Waals surface area contributed by atoms with Crippen molar-refractivity contribution in [1.29, 1.82) is 0 Å². The molecule has 0 saturated carbocycles. The van der Waals surface area contributed by atoms with Crippen LogP contribution in [0.1, 0.15) is 37.6 Å². The molecule has 1 N–H and O–H groups in total. The molecule has 5 nitrogen and oxygen atoms in total. The second-order valence-electron chi connectivity index (χ2n) is 5.51. The summed E-state index contributed by atoms with van der Waals surface area (Å²) in [5.74, 6) is -0.172. The average Bonchev–Trinajstić information content (AvgIpc) is 2.96. The Morgan fingerprint density at radius 1 is 1.55 bits per heavy atom. The number of nitrogens with zero attached hydrogens (tertiary/aromatic N) is 3. The van der Waals surface area contributed by atoms with Crippen molar-refractivity contribution < 1.29 is 9.90 Å². The number of carbonyl (C=O) groups is 1. The fourth-order valence-corrected chi connectivity index (χ4v) is 3.56. The third-order valence-corrected chi connectivity index (χ3v) is 4.93. The Morgan fingerprint density at radius 3 is 2.90 bits per heavy atom. The summed E-state index contributed by atoms with van der Waals surface area (Å²) in [5, 5.41) is 13.3. The molecule has 1 fully saturated rings. The van der Waals surface area contributed by atoms with Crippen LogP contribution in [0, 0.1) is 5.92 Å². The van der Waals surface area contributed by atoms with E-state index >= 15 is 0 Å². The minimum absolute atomic E-state index is 0.286. The lowest BCUT2D eigenvalue weighted by Gasteiger charge is -2.16. The van der Waals surface area contributed by atoms with Crippen LogP contribution in [0.4, 0.5) is 0 Å². The molecule has 1 unspecified atom stereocenters. The molecular formula is C14H22BrN3O2. The van der Waals surface area contributed by atoms with Crippen LogP contribution in [0.25, 0.3) is 0 Å². The van der Waals surface area contributed by atoms with Crippen molar-refractivity contribution in [1.82, 2.24) is 14.7 Å². The molecule has 2 rings (SSSR count). The fraction of sp³-hybridized carbons (Fsp3) is 0.714. The van der Waals surface area contributed by atoms with Gasteiger partial charge in [-0.3, -0.25) is 14.4 Å². The first kappa shape index (κ1) is 15.5. The van der Waals surface area contributed by atoms with Crippen molar-refractivity contribution in [3.05, 3.63) is 15.9 Å². The molecule has 112 valence electrons. The summed E-state index contributed by atoms with van der Waals surface area (Å²) in [6.07, 6.45) is 3.10. The van der Waals surface area contributed by atoms with Gasteiger partial charge in [0, 0.05) is 26.6 Å². The lowest BCUT2D eigenvalue weighted by molar-refractivity contribution is -0.137. The van der Waals surface area contributed by atoms with Gasteiger partial charge in [-0.05, 0) is 47.7 Å². The Morgan fingerprint density at radius 2 is 2.30 bits per heavy atom. The maximum absolute atomic E-state index is 10.6. The van der Waals surface area contributed by atoms with Gasteiger partial charge in [0.1, 0.15) is 0 Å². The van der Waals surface area contributed by atoms with Gasteiger partial charge in [-0.25, -0.2) is 0 Å². The zero-order chi connectivity index (χ0) is 14.7. The van der Waals surface area contributed by atoms with Crippen LogP contribution in [0.3, 0.4) is 0 Å². The SMILES string of the molecule is CCc1nn(C)c(CN2CCC(CCC(=O)O)C2)c1Br. The lowest BCUT2D eigenvalue weighted by atomic mass is 10.0. The van der Waals surface area contributed by atoms with Crippen LogP contribution >= 0.6 is 15.9 Å². The monoisotopic (exact) mass is 343 g/mol. The second-order valence-corrected chi connectivity index (χ2v) is 6.30. The zero-order valence-electron chi connectivity index (χ0n) is 12.1. The molecule has 1 saturated heterocycles. The summed E-state index contributed by atoms with van der Waals surface area (Å²) < 4.78 is 3.07. The van der Waals surface area contributed by atoms with Crippen LogP contribution in [-0.2, 0) is 24.8 Å². The highest BCUT2D eigenvalue weighted by atomic mass is 79.9. The normalized spacial score (nSPS) is 19.6. The molecule has 20 heavy (non-hydrogen) atoms. The molecule has 6 heteroatoms. The van der Waals surface area contributed by atoms with Crippen molar-refractivity contribution >= 4 is 21.9 Å². The van der Waals surface area contributed by atoms with Gasteiger partial charge in [-0.2, -0.15) is 5.10 Å². The van der Waals surface area contributed by atoms with E-state index in [2.05, 4.69) is 32.9 Å². The van der Waals surface area contributed by atoms with Gasteiger partial charge in [0.25, 0.3) is 0 Å². The summed E-state index contributed by atoms with van der Waals surface area (Å²) in [6, 6.07) is 0. The van der Waals surface area contributed by atoms with Crippen molar-refractivity contribution in [2.75, 3.05) is 13.1 Å². The number of aromatic nitrogens is 2. The molecule has 0 amide bonds. The summed E-state index contributed by atoms with van der Waals surface area (Å²) in [5.41, 5.74) is 2.31. The standard InChI is InChI=1S/C14H22BrN3O2/c1-3-11-14(15)12(17(2)16-11)9-18-7-6-10(8-18)4-5-13(19)20/h10H,3-9H2,1-2H3,(H,19,20). The van der Waals surface area contributed by atoms with Gasteiger partial charge >= 0.3 is 5.97 Å². The maximum atomic E-state index is 10.6. The van der Waals surface area contributed by atoms with Crippen molar-refractivity contribution in [3.8, 4) is 0 Å². The van der Waals surface area contributed by atoms with E-state index in [9.17, 15) is 4.79 Å².